The number of aryl methyl sites for hydroxylation is 1. The highest BCUT2D eigenvalue weighted by atomic mass is 16.5. The lowest BCUT2D eigenvalue weighted by Crippen LogP contribution is -2.17. The molecule has 1 saturated heterocycles. The van der Waals surface area contributed by atoms with Crippen LogP contribution in [0.3, 0.4) is 0 Å². The van der Waals surface area contributed by atoms with E-state index in [0.717, 1.165) is 60.7 Å². The van der Waals surface area contributed by atoms with Crippen LogP contribution in [0.1, 0.15) is 56.2 Å². The molecule has 3 heterocycles. The Morgan fingerprint density at radius 1 is 1.12 bits per heavy atom. The Bertz CT molecular complexity index is 857. The van der Waals surface area contributed by atoms with E-state index >= 15 is 0 Å². The summed E-state index contributed by atoms with van der Waals surface area (Å²) >= 11 is 0. The highest BCUT2D eigenvalue weighted by Gasteiger charge is 2.24. The standard InChI is InChI=1S/C20H23N3O/c1-12(2)15-10-16(11-15)18-17-5-4-13(3)21-20(17)23-19(22-18)14-6-8-24-9-7-14/h4-5,12,14H,6-10H2,1-3H3. The van der Waals surface area contributed by atoms with Crippen molar-refractivity contribution >= 4 is 16.6 Å². The first-order valence-electron chi connectivity index (χ1n) is 8.84. The lowest BCUT2D eigenvalue weighted by Gasteiger charge is -2.23. The first-order chi connectivity index (χ1) is 11.6. The number of hydrogen-bond acceptors (Lipinski definition) is 4. The molecule has 4 nitrogen and oxygen atoms in total. The van der Waals surface area contributed by atoms with Gasteiger partial charge in [0.1, 0.15) is 5.82 Å². The minimum Gasteiger partial charge on any atom is -0.381 e. The van der Waals surface area contributed by atoms with Crippen LogP contribution in [-0.2, 0) is 4.74 Å². The van der Waals surface area contributed by atoms with Gasteiger partial charge in [-0.25, -0.2) is 15.0 Å². The highest BCUT2D eigenvalue weighted by Crippen LogP contribution is 2.36. The molecule has 1 fully saturated rings. The second kappa shape index (κ2) is 6.12. The van der Waals surface area contributed by atoms with Crippen LogP contribution in [0.5, 0.6) is 0 Å². The number of pyridine rings is 1. The van der Waals surface area contributed by atoms with Crippen molar-refractivity contribution in [1.82, 2.24) is 15.0 Å². The summed E-state index contributed by atoms with van der Waals surface area (Å²) in [5.41, 5.74) is 8.93. The van der Waals surface area contributed by atoms with Gasteiger partial charge >= 0.3 is 0 Å². The first-order valence-corrected chi connectivity index (χ1v) is 8.84. The molecule has 2 aromatic rings. The third-order valence-corrected chi connectivity index (χ3v) is 4.96. The molecule has 0 radical (unpaired) electrons. The van der Waals surface area contributed by atoms with Gasteiger partial charge in [0.2, 0.25) is 0 Å². The zero-order valence-corrected chi connectivity index (χ0v) is 14.6. The van der Waals surface area contributed by atoms with Crippen molar-refractivity contribution in [2.75, 3.05) is 13.2 Å². The molecule has 0 atom stereocenters. The highest BCUT2D eigenvalue weighted by molar-refractivity contribution is 5.89. The maximum Gasteiger partial charge on any atom is 0.163 e. The quantitative estimate of drug-likeness (QED) is 0.795. The van der Waals surface area contributed by atoms with Crippen molar-refractivity contribution in [3.63, 3.8) is 0 Å². The summed E-state index contributed by atoms with van der Waals surface area (Å²) in [4.78, 5) is 14.4. The molecule has 2 aliphatic rings. The van der Waals surface area contributed by atoms with Gasteiger partial charge in [-0.05, 0) is 43.4 Å². The summed E-state index contributed by atoms with van der Waals surface area (Å²) in [6, 6.07) is 4.14. The van der Waals surface area contributed by atoms with Crippen molar-refractivity contribution in [2.45, 2.75) is 46.0 Å². The van der Waals surface area contributed by atoms with Gasteiger partial charge in [0.05, 0.1) is 5.69 Å². The number of rotatable bonds is 3. The normalized spacial score (nSPS) is 18.5. The van der Waals surface area contributed by atoms with Crippen LogP contribution in [0.4, 0.5) is 0 Å². The molecule has 4 heteroatoms. The molecular weight excluding hydrogens is 298 g/mol. The molecule has 2 aromatic heterocycles. The van der Waals surface area contributed by atoms with E-state index < -0.39 is 0 Å². The fourth-order valence-corrected chi connectivity index (χ4v) is 3.35. The monoisotopic (exact) mass is 321 g/mol. The Kier molecular flexibility index (Phi) is 3.95. The Morgan fingerprint density at radius 2 is 1.88 bits per heavy atom. The first kappa shape index (κ1) is 15.5. The second-order valence-electron chi connectivity index (χ2n) is 7.10. The summed E-state index contributed by atoms with van der Waals surface area (Å²) in [5, 5.41) is 1.04. The molecule has 124 valence electrons. The molecule has 0 saturated carbocycles. The van der Waals surface area contributed by atoms with Crippen molar-refractivity contribution < 1.29 is 4.74 Å². The fourth-order valence-electron chi connectivity index (χ4n) is 3.35. The van der Waals surface area contributed by atoms with E-state index in [-0.39, 0.29) is 0 Å². The molecule has 4 rings (SSSR count). The number of nitrogens with zero attached hydrogens (tertiary/aromatic N) is 3. The lowest BCUT2D eigenvalue weighted by atomic mass is 9.86. The fraction of sp³-hybridized carbons (Fsp3) is 0.500. The SMILES string of the molecule is Cc1ccc2c(C3=C=C(C(C)C)C3)nc(C3CCOCC3)nc2n1. The third-order valence-electron chi connectivity index (χ3n) is 4.96. The maximum absolute atomic E-state index is 5.49. The van der Waals surface area contributed by atoms with Crippen LogP contribution in [0, 0.1) is 12.8 Å². The van der Waals surface area contributed by atoms with Crippen LogP contribution in [0.2, 0.25) is 0 Å². The van der Waals surface area contributed by atoms with Crippen molar-refractivity contribution in [2.24, 2.45) is 5.92 Å². The molecule has 0 aromatic carbocycles. The largest absolute Gasteiger partial charge is 0.381 e. The van der Waals surface area contributed by atoms with Gasteiger partial charge in [0, 0.05) is 42.2 Å². The Labute approximate surface area is 142 Å². The summed E-state index contributed by atoms with van der Waals surface area (Å²) < 4.78 is 5.49. The van der Waals surface area contributed by atoms with Crippen LogP contribution in [-0.4, -0.2) is 28.2 Å². The topological polar surface area (TPSA) is 47.9 Å². The van der Waals surface area contributed by atoms with Gasteiger partial charge in [-0.3, -0.25) is 0 Å². The average molecular weight is 321 g/mol. The van der Waals surface area contributed by atoms with Gasteiger partial charge in [-0.1, -0.05) is 13.8 Å². The molecule has 0 unspecified atom stereocenters. The predicted molar refractivity (Wildman–Crippen MR) is 94.8 cm³/mol. The second-order valence-corrected chi connectivity index (χ2v) is 7.10. The minimum atomic E-state index is 0.374. The average Bonchev–Trinajstić information content (AvgIpc) is 2.53. The number of fused-ring (bicyclic) bond motifs is 1. The third kappa shape index (κ3) is 2.77. The minimum absolute atomic E-state index is 0.374. The van der Waals surface area contributed by atoms with Gasteiger partial charge < -0.3 is 4.74 Å². The molecule has 0 amide bonds. The van der Waals surface area contributed by atoms with E-state index in [0.29, 0.717) is 11.8 Å². The van der Waals surface area contributed by atoms with E-state index in [1.54, 1.807) is 0 Å². The zero-order valence-electron chi connectivity index (χ0n) is 14.6. The van der Waals surface area contributed by atoms with Crippen molar-refractivity contribution in [3.8, 4) is 0 Å². The Hall–Kier alpha value is -2.03. The maximum atomic E-state index is 5.49. The molecule has 0 spiro atoms. The number of aromatic nitrogens is 3. The lowest BCUT2D eigenvalue weighted by molar-refractivity contribution is 0.0836. The summed E-state index contributed by atoms with van der Waals surface area (Å²) in [5.74, 6) is 1.85. The van der Waals surface area contributed by atoms with Crippen molar-refractivity contribution in [3.05, 3.63) is 40.6 Å². The number of allylic oxidation sites excluding steroid dienone is 1. The van der Waals surface area contributed by atoms with E-state index in [4.69, 9.17) is 14.7 Å². The summed E-state index contributed by atoms with van der Waals surface area (Å²) in [7, 11) is 0. The van der Waals surface area contributed by atoms with Gasteiger partial charge in [0.15, 0.2) is 5.65 Å². The van der Waals surface area contributed by atoms with Crippen LogP contribution < -0.4 is 0 Å². The van der Waals surface area contributed by atoms with Gasteiger partial charge in [0.25, 0.3) is 0 Å². The summed E-state index contributed by atoms with van der Waals surface area (Å²) in [6.07, 6.45) is 2.96. The predicted octanol–water partition coefficient (Wildman–Crippen LogP) is 4.20. The zero-order chi connectivity index (χ0) is 16.7. The smallest absolute Gasteiger partial charge is 0.163 e. The molecule has 1 aliphatic carbocycles. The Balaban J connectivity index is 1.86. The molecule has 0 N–H and O–H groups in total. The number of hydrogen-bond donors (Lipinski definition) is 0. The van der Waals surface area contributed by atoms with Crippen LogP contribution in [0.15, 0.2) is 23.4 Å². The summed E-state index contributed by atoms with van der Waals surface area (Å²) in [6.45, 7) is 8.03. The van der Waals surface area contributed by atoms with Crippen LogP contribution >= 0.6 is 0 Å². The van der Waals surface area contributed by atoms with E-state index in [1.807, 2.05) is 13.0 Å². The van der Waals surface area contributed by atoms with E-state index in [2.05, 4.69) is 30.6 Å². The Morgan fingerprint density at radius 3 is 2.58 bits per heavy atom. The molecule has 0 bridgehead atoms. The molecule has 24 heavy (non-hydrogen) atoms. The van der Waals surface area contributed by atoms with E-state index in [1.165, 1.54) is 11.1 Å². The van der Waals surface area contributed by atoms with E-state index in [9.17, 15) is 0 Å². The molecule has 1 aliphatic heterocycles. The van der Waals surface area contributed by atoms with Gasteiger partial charge in [-0.2, -0.15) is 0 Å². The molecular formula is C20H23N3O. The van der Waals surface area contributed by atoms with Crippen LogP contribution in [0.25, 0.3) is 16.6 Å². The number of ether oxygens (including phenoxy) is 1. The van der Waals surface area contributed by atoms with Gasteiger partial charge in [-0.15, -0.1) is 5.73 Å². The van der Waals surface area contributed by atoms with Crippen molar-refractivity contribution in [1.29, 1.82) is 0 Å².